The molecule has 0 spiro atoms. The van der Waals surface area contributed by atoms with Crippen molar-refractivity contribution in [3.05, 3.63) is 36.8 Å². The van der Waals surface area contributed by atoms with E-state index in [2.05, 4.69) is 19.7 Å². The van der Waals surface area contributed by atoms with Crippen LogP contribution in [0.1, 0.15) is 41.5 Å². The number of hydrogen-bond donors (Lipinski definition) is 0. The summed E-state index contributed by atoms with van der Waals surface area (Å²) in [6, 6.07) is 4.71. The van der Waals surface area contributed by atoms with Gasteiger partial charge >= 0.3 is 8.41 Å². The smallest absolute Gasteiger partial charge is 0.855 e. The third kappa shape index (κ3) is 15.8. The van der Waals surface area contributed by atoms with Gasteiger partial charge in [0, 0.05) is 0 Å². The molecule has 0 radical (unpaired) electrons. The predicted octanol–water partition coefficient (Wildman–Crippen LogP) is 2.79. The van der Waals surface area contributed by atoms with Gasteiger partial charge in [-0.25, -0.2) is 0 Å². The van der Waals surface area contributed by atoms with Crippen LogP contribution < -0.4 is 14.4 Å². The van der Waals surface area contributed by atoms with Crippen molar-refractivity contribution in [1.82, 2.24) is 0 Å². The number of rotatable bonds is 9. The second-order valence-corrected chi connectivity index (χ2v) is 17.8. The summed E-state index contributed by atoms with van der Waals surface area (Å²) in [6.45, 7) is 22.3. The molecule has 0 rings (SSSR count). The molecule has 0 aliphatic heterocycles. The zero-order valence-corrected chi connectivity index (χ0v) is 20.4. The average Bonchev–Trinajstić information content (AvgIpc) is 2.67. The van der Waals surface area contributed by atoms with Gasteiger partial charge in [-0.3, -0.25) is 0 Å². The van der Waals surface area contributed by atoms with Crippen LogP contribution in [0.4, 0.5) is 0 Å². The first kappa shape index (κ1) is 32.5. The van der Waals surface area contributed by atoms with Crippen LogP contribution in [-0.2, 0) is 0 Å². The van der Waals surface area contributed by atoms with Crippen molar-refractivity contribution in [3.63, 3.8) is 0 Å². The fourth-order valence-corrected chi connectivity index (χ4v) is 4.85. The largest absolute Gasteiger partial charge is 3.00 e. The molecule has 0 aromatic heterocycles. The molecule has 0 saturated heterocycles. The summed E-state index contributed by atoms with van der Waals surface area (Å²) in [6.07, 6.45) is 0. The first-order valence-corrected chi connectivity index (χ1v) is 16.3. The van der Waals surface area contributed by atoms with Crippen molar-refractivity contribution in [3.8, 4) is 0 Å². The molecule has 0 aromatic rings. The minimum Gasteiger partial charge on any atom is -0.855 e. The van der Waals surface area contributed by atoms with Crippen molar-refractivity contribution >= 4 is 33.4 Å². The standard InChI is InChI=1S/3C6H13OSi.B/c3*1-4-8(7,5-2)6-3;/h3*4H,1,5-6H2,2-3H3;/q3*-1;+3. The Hall–Kier alpha value is -0.184. The molecule has 0 aromatic carbocycles. The van der Waals surface area contributed by atoms with E-state index < -0.39 is 25.0 Å². The van der Waals surface area contributed by atoms with Gasteiger partial charge in [0.1, 0.15) is 0 Å². The molecule has 0 fully saturated rings. The monoisotopic (exact) mass is 398 g/mol. The molecule has 7 heteroatoms. The molecule has 0 atom stereocenters. The Morgan fingerprint density at radius 3 is 0.640 bits per heavy atom. The average molecular weight is 399 g/mol. The molecule has 0 aliphatic rings. The third-order valence-corrected chi connectivity index (χ3v) is 14.1. The zero-order valence-electron chi connectivity index (χ0n) is 17.4. The Bertz CT molecular complexity index is 288. The maximum atomic E-state index is 11.2. The Balaban J connectivity index is -0.000000130. The summed E-state index contributed by atoms with van der Waals surface area (Å²) in [7, 11) is -6.47. The van der Waals surface area contributed by atoms with E-state index in [-0.39, 0.29) is 8.41 Å². The molecule has 0 unspecified atom stereocenters. The van der Waals surface area contributed by atoms with E-state index >= 15 is 0 Å². The Morgan fingerprint density at radius 2 is 0.640 bits per heavy atom. The van der Waals surface area contributed by atoms with Crippen LogP contribution in [0.15, 0.2) is 36.8 Å². The molecule has 0 heterocycles. The maximum Gasteiger partial charge on any atom is 3.00 e. The molecule has 0 N–H and O–H groups in total. The molecule has 0 bridgehead atoms. The van der Waals surface area contributed by atoms with Crippen LogP contribution in [0.25, 0.3) is 0 Å². The number of hydrogen-bond acceptors (Lipinski definition) is 3. The summed E-state index contributed by atoms with van der Waals surface area (Å²) >= 11 is 0. The second-order valence-electron chi connectivity index (χ2n) is 5.93. The van der Waals surface area contributed by atoms with Crippen LogP contribution in [-0.4, -0.2) is 33.4 Å². The van der Waals surface area contributed by atoms with Crippen LogP contribution in [0, 0.1) is 0 Å². The van der Waals surface area contributed by atoms with E-state index in [0.717, 1.165) is 36.3 Å². The zero-order chi connectivity index (χ0) is 19.9. The van der Waals surface area contributed by atoms with E-state index in [1.165, 1.54) is 0 Å². The van der Waals surface area contributed by atoms with E-state index in [0.29, 0.717) is 0 Å². The summed E-state index contributed by atoms with van der Waals surface area (Å²) in [5.41, 5.74) is 4.90. The topological polar surface area (TPSA) is 69.2 Å². The summed E-state index contributed by atoms with van der Waals surface area (Å²) in [4.78, 5) is 33.7. The summed E-state index contributed by atoms with van der Waals surface area (Å²) < 4.78 is 0. The fraction of sp³-hybridized carbons (Fsp3) is 0.667. The fourth-order valence-electron chi connectivity index (χ4n) is 1.62. The van der Waals surface area contributed by atoms with Crippen LogP contribution >= 0.6 is 0 Å². The molecule has 0 aliphatic carbocycles. The van der Waals surface area contributed by atoms with Crippen LogP contribution in [0.5, 0.6) is 0 Å². The van der Waals surface area contributed by atoms with Gasteiger partial charge in [0.15, 0.2) is 0 Å². The summed E-state index contributed by atoms with van der Waals surface area (Å²) in [5, 5.41) is 0. The van der Waals surface area contributed by atoms with E-state index in [9.17, 15) is 14.4 Å². The normalized spacial score (nSPS) is 10.9. The summed E-state index contributed by atoms with van der Waals surface area (Å²) in [5.74, 6) is 0. The second kappa shape index (κ2) is 17.2. The van der Waals surface area contributed by atoms with Crippen molar-refractivity contribution in [1.29, 1.82) is 0 Å². The van der Waals surface area contributed by atoms with Crippen LogP contribution in [0.3, 0.4) is 0 Å². The van der Waals surface area contributed by atoms with Crippen LogP contribution in [0.2, 0.25) is 36.3 Å². The first-order chi connectivity index (χ1) is 11.0. The Kier molecular flexibility index (Phi) is 22.4. The van der Waals surface area contributed by atoms with Crippen molar-refractivity contribution in [2.45, 2.75) is 77.8 Å². The molecule has 0 amide bonds. The molecule has 144 valence electrons. The van der Waals surface area contributed by atoms with E-state index in [1.807, 2.05) is 41.5 Å². The predicted molar refractivity (Wildman–Crippen MR) is 116 cm³/mol. The molecule has 0 saturated carbocycles. The maximum absolute atomic E-state index is 11.2. The van der Waals surface area contributed by atoms with Crippen molar-refractivity contribution in [2.24, 2.45) is 0 Å². The Labute approximate surface area is 162 Å². The van der Waals surface area contributed by atoms with E-state index in [4.69, 9.17) is 0 Å². The van der Waals surface area contributed by atoms with E-state index in [1.54, 1.807) is 17.1 Å². The molecule has 25 heavy (non-hydrogen) atoms. The van der Waals surface area contributed by atoms with Gasteiger partial charge in [-0.05, 0) is 25.0 Å². The molecular formula is C18H39BO3Si3. The first-order valence-electron chi connectivity index (χ1n) is 9.07. The van der Waals surface area contributed by atoms with Gasteiger partial charge in [0.2, 0.25) is 0 Å². The van der Waals surface area contributed by atoms with Gasteiger partial charge in [-0.1, -0.05) is 77.8 Å². The molecular weight excluding hydrogens is 359 g/mol. The Morgan fingerprint density at radius 1 is 0.520 bits per heavy atom. The quantitative estimate of drug-likeness (QED) is 0.561. The third-order valence-electron chi connectivity index (χ3n) is 4.71. The van der Waals surface area contributed by atoms with Gasteiger partial charge < -0.3 is 14.4 Å². The van der Waals surface area contributed by atoms with Gasteiger partial charge in [0.25, 0.3) is 0 Å². The minimum absolute atomic E-state index is 0. The van der Waals surface area contributed by atoms with Gasteiger partial charge in [-0.15, -0.1) is 36.8 Å². The van der Waals surface area contributed by atoms with Gasteiger partial charge in [-0.2, -0.15) is 0 Å². The SMILES string of the molecule is C=C[Si]([O-])(CC)CC.C=C[Si]([O-])(CC)CC.C=C[Si]([O-])(CC)CC.[B+3]. The van der Waals surface area contributed by atoms with Gasteiger partial charge in [0.05, 0.1) is 0 Å². The minimum atomic E-state index is -2.16. The van der Waals surface area contributed by atoms with Crippen molar-refractivity contribution in [2.75, 3.05) is 0 Å². The molecule has 3 nitrogen and oxygen atoms in total. The van der Waals surface area contributed by atoms with Crippen molar-refractivity contribution < 1.29 is 14.4 Å².